The molecule has 9 heteroatoms. The highest BCUT2D eigenvalue weighted by Crippen LogP contribution is 2.24. The normalized spacial score (nSPS) is 17.7. The third-order valence-electron chi connectivity index (χ3n) is 3.96. The van der Waals surface area contributed by atoms with Crippen molar-refractivity contribution in [3.05, 3.63) is 24.3 Å². The lowest BCUT2D eigenvalue weighted by molar-refractivity contribution is 0.270. The summed E-state index contributed by atoms with van der Waals surface area (Å²) < 4.78 is 49.5. The Morgan fingerprint density at radius 1 is 1.04 bits per heavy atom. The summed E-state index contributed by atoms with van der Waals surface area (Å²) in [5, 5.41) is 3.12. The molecule has 1 fully saturated rings. The van der Waals surface area contributed by atoms with Crippen molar-refractivity contribution >= 4 is 32.3 Å². The SMILES string of the molecule is CNCC1CCN(S(=O)(=O)c2ccc(S(C)(=O)=O)cc2)CC1.Cl. The van der Waals surface area contributed by atoms with Crippen LogP contribution in [0.4, 0.5) is 0 Å². The van der Waals surface area contributed by atoms with Crippen molar-refractivity contribution < 1.29 is 16.8 Å². The Morgan fingerprint density at radius 3 is 1.96 bits per heavy atom. The van der Waals surface area contributed by atoms with Gasteiger partial charge in [-0.2, -0.15) is 4.31 Å². The third kappa shape index (κ3) is 4.90. The predicted octanol–water partition coefficient (Wildman–Crippen LogP) is 1.13. The van der Waals surface area contributed by atoms with Gasteiger partial charge in [0.25, 0.3) is 0 Å². The second-order valence-electron chi connectivity index (χ2n) is 5.65. The highest BCUT2D eigenvalue weighted by atomic mass is 35.5. The molecule has 0 atom stereocenters. The number of piperidine rings is 1. The molecular formula is C14H23ClN2O4S2. The van der Waals surface area contributed by atoms with Gasteiger partial charge in [0.15, 0.2) is 9.84 Å². The van der Waals surface area contributed by atoms with Crippen LogP contribution in [0.5, 0.6) is 0 Å². The molecule has 0 spiro atoms. The summed E-state index contributed by atoms with van der Waals surface area (Å²) >= 11 is 0. The van der Waals surface area contributed by atoms with E-state index in [-0.39, 0.29) is 22.2 Å². The van der Waals surface area contributed by atoms with E-state index < -0.39 is 19.9 Å². The molecule has 0 radical (unpaired) electrons. The maximum Gasteiger partial charge on any atom is 0.243 e. The molecule has 0 saturated carbocycles. The lowest BCUT2D eigenvalue weighted by Gasteiger charge is -2.31. The Kier molecular flexibility index (Phi) is 7.03. The number of hydrogen-bond donors (Lipinski definition) is 1. The van der Waals surface area contributed by atoms with Crippen LogP contribution in [0.1, 0.15) is 12.8 Å². The van der Waals surface area contributed by atoms with Crippen molar-refractivity contribution in [3.8, 4) is 0 Å². The summed E-state index contributed by atoms with van der Waals surface area (Å²) in [6, 6.07) is 5.42. The highest BCUT2D eigenvalue weighted by Gasteiger charge is 2.29. The average molecular weight is 383 g/mol. The first kappa shape index (κ1) is 20.4. The molecule has 1 aromatic carbocycles. The number of sulfonamides is 1. The topological polar surface area (TPSA) is 83.6 Å². The van der Waals surface area contributed by atoms with Gasteiger partial charge < -0.3 is 5.32 Å². The third-order valence-corrected chi connectivity index (χ3v) is 7.00. The van der Waals surface area contributed by atoms with E-state index in [9.17, 15) is 16.8 Å². The Bertz CT molecular complexity index is 710. The number of nitrogens with zero attached hydrogens (tertiary/aromatic N) is 1. The second kappa shape index (κ2) is 7.94. The predicted molar refractivity (Wildman–Crippen MR) is 92.2 cm³/mol. The lowest BCUT2D eigenvalue weighted by atomic mass is 9.98. The van der Waals surface area contributed by atoms with Gasteiger partial charge in [-0.3, -0.25) is 0 Å². The number of rotatable bonds is 5. The maximum absolute atomic E-state index is 12.6. The molecule has 1 N–H and O–H groups in total. The first-order valence-electron chi connectivity index (χ1n) is 7.20. The van der Waals surface area contributed by atoms with E-state index in [0.717, 1.165) is 25.6 Å². The fraction of sp³-hybridized carbons (Fsp3) is 0.571. The molecule has 2 rings (SSSR count). The van der Waals surface area contributed by atoms with Crippen molar-refractivity contribution in [2.75, 3.05) is 32.9 Å². The van der Waals surface area contributed by atoms with Crippen LogP contribution in [0.15, 0.2) is 34.1 Å². The largest absolute Gasteiger partial charge is 0.319 e. The van der Waals surface area contributed by atoms with Gasteiger partial charge in [0.05, 0.1) is 9.79 Å². The van der Waals surface area contributed by atoms with Gasteiger partial charge in [0, 0.05) is 19.3 Å². The first-order valence-corrected chi connectivity index (χ1v) is 10.5. The number of hydrogen-bond acceptors (Lipinski definition) is 5. The Balaban J connectivity index is 0.00000264. The van der Waals surface area contributed by atoms with Crippen molar-refractivity contribution in [1.29, 1.82) is 0 Å². The highest BCUT2D eigenvalue weighted by molar-refractivity contribution is 7.90. The number of halogens is 1. The molecule has 0 bridgehead atoms. The fourth-order valence-electron chi connectivity index (χ4n) is 2.65. The van der Waals surface area contributed by atoms with Crippen molar-refractivity contribution in [2.45, 2.75) is 22.6 Å². The molecule has 132 valence electrons. The summed E-state index contributed by atoms with van der Waals surface area (Å²) in [5.74, 6) is 0.504. The zero-order valence-electron chi connectivity index (χ0n) is 13.2. The second-order valence-corrected chi connectivity index (χ2v) is 9.60. The molecule has 1 aliphatic heterocycles. The summed E-state index contributed by atoms with van der Waals surface area (Å²) in [6.45, 7) is 1.90. The molecule has 0 aromatic heterocycles. The van der Waals surface area contributed by atoms with E-state index in [1.165, 1.54) is 28.6 Å². The Hall–Kier alpha value is -0.670. The molecule has 23 heavy (non-hydrogen) atoms. The van der Waals surface area contributed by atoms with E-state index in [4.69, 9.17) is 0 Å². The summed E-state index contributed by atoms with van der Waals surface area (Å²) in [4.78, 5) is 0.270. The van der Waals surface area contributed by atoms with Crippen molar-refractivity contribution in [1.82, 2.24) is 9.62 Å². The van der Waals surface area contributed by atoms with Crippen molar-refractivity contribution in [2.24, 2.45) is 5.92 Å². The first-order chi connectivity index (χ1) is 10.2. The van der Waals surface area contributed by atoms with Crippen LogP contribution >= 0.6 is 12.4 Å². The maximum atomic E-state index is 12.6. The average Bonchev–Trinajstić information content (AvgIpc) is 2.47. The van der Waals surface area contributed by atoms with E-state index in [0.29, 0.717) is 19.0 Å². The smallest absolute Gasteiger partial charge is 0.243 e. The Morgan fingerprint density at radius 2 is 1.52 bits per heavy atom. The molecule has 0 aliphatic carbocycles. The summed E-state index contributed by atoms with van der Waals surface area (Å²) in [5.41, 5.74) is 0. The van der Waals surface area contributed by atoms with Crippen LogP contribution in [0, 0.1) is 5.92 Å². The van der Waals surface area contributed by atoms with Crippen LogP contribution < -0.4 is 5.32 Å². The zero-order chi connectivity index (χ0) is 16.4. The van der Waals surface area contributed by atoms with Crippen LogP contribution in [-0.4, -0.2) is 54.1 Å². The molecule has 0 unspecified atom stereocenters. The molecule has 1 aromatic rings. The zero-order valence-corrected chi connectivity index (χ0v) is 15.7. The van der Waals surface area contributed by atoms with Gasteiger partial charge in [0.2, 0.25) is 10.0 Å². The molecule has 6 nitrogen and oxygen atoms in total. The van der Waals surface area contributed by atoms with Gasteiger partial charge in [-0.25, -0.2) is 16.8 Å². The lowest BCUT2D eigenvalue weighted by Crippen LogP contribution is -2.40. The van der Waals surface area contributed by atoms with Crippen LogP contribution in [0.3, 0.4) is 0 Å². The van der Waals surface area contributed by atoms with Crippen LogP contribution in [-0.2, 0) is 19.9 Å². The Labute approximate surface area is 144 Å². The minimum Gasteiger partial charge on any atom is -0.319 e. The minimum atomic E-state index is -3.54. The van der Waals surface area contributed by atoms with Crippen molar-refractivity contribution in [3.63, 3.8) is 0 Å². The van der Waals surface area contributed by atoms with Crippen LogP contribution in [0.25, 0.3) is 0 Å². The van der Waals surface area contributed by atoms with E-state index >= 15 is 0 Å². The molecular weight excluding hydrogens is 360 g/mol. The van der Waals surface area contributed by atoms with Crippen LogP contribution in [0.2, 0.25) is 0 Å². The monoisotopic (exact) mass is 382 g/mol. The standard InChI is InChI=1S/C14H22N2O4S2.ClH/c1-15-11-12-7-9-16(10-8-12)22(19,20)14-5-3-13(4-6-14)21(2,17)18;/h3-6,12,15H,7-11H2,1-2H3;1H. The van der Waals surface area contributed by atoms with Gasteiger partial charge in [-0.05, 0) is 56.6 Å². The van der Waals surface area contributed by atoms with Gasteiger partial charge in [0.1, 0.15) is 0 Å². The fourth-order valence-corrected chi connectivity index (χ4v) is 4.75. The molecule has 1 heterocycles. The minimum absolute atomic E-state index is 0. The molecule has 0 amide bonds. The van der Waals surface area contributed by atoms with E-state index in [2.05, 4.69) is 5.32 Å². The molecule has 1 aliphatic rings. The summed E-state index contributed by atoms with van der Waals surface area (Å²) in [7, 11) is -4.97. The number of benzene rings is 1. The van der Waals surface area contributed by atoms with Gasteiger partial charge in [-0.1, -0.05) is 0 Å². The molecule has 1 saturated heterocycles. The quantitative estimate of drug-likeness (QED) is 0.825. The summed E-state index contributed by atoms with van der Waals surface area (Å²) in [6.07, 6.45) is 2.77. The number of nitrogens with one attached hydrogen (secondary N) is 1. The van der Waals surface area contributed by atoms with Gasteiger partial charge >= 0.3 is 0 Å². The number of sulfone groups is 1. The van der Waals surface area contributed by atoms with E-state index in [1.54, 1.807) is 0 Å². The van der Waals surface area contributed by atoms with E-state index in [1.807, 2.05) is 7.05 Å². The van der Waals surface area contributed by atoms with Gasteiger partial charge in [-0.15, -0.1) is 12.4 Å².